The van der Waals surface area contributed by atoms with Crippen LogP contribution in [-0.4, -0.2) is 38.9 Å². The highest BCUT2D eigenvalue weighted by atomic mass is 35.5. The van der Waals surface area contributed by atoms with E-state index in [-0.39, 0.29) is 35.2 Å². The number of halogens is 1. The zero-order valence-electron chi connectivity index (χ0n) is 17.4. The van der Waals surface area contributed by atoms with Gasteiger partial charge < -0.3 is 15.3 Å². The summed E-state index contributed by atoms with van der Waals surface area (Å²) in [5, 5.41) is 29.9. The average molecular weight is 425 g/mol. The summed E-state index contributed by atoms with van der Waals surface area (Å²) in [5.41, 5.74) is 0.146. The lowest BCUT2D eigenvalue weighted by Crippen LogP contribution is -2.41. The molecule has 3 fully saturated rings. The summed E-state index contributed by atoms with van der Waals surface area (Å²) in [7, 11) is 0. The second-order valence-electron chi connectivity index (χ2n) is 9.60. The van der Waals surface area contributed by atoms with Crippen LogP contribution in [0.4, 0.5) is 0 Å². The molecule has 0 spiro atoms. The fourth-order valence-electron chi connectivity index (χ4n) is 5.22. The highest BCUT2D eigenvalue weighted by Crippen LogP contribution is 2.53. The second-order valence-corrected chi connectivity index (χ2v) is 10.2. The first kappa shape index (κ1) is 22.8. The number of hydrogen-bond acceptors (Lipinski definition) is 3. The standard InChI is InChI=1S/C24H37ClO4/c25-20-15-21(26)19(18(20)7-3-1-2-4-10-23(28)29)8-5-9-22(27)24(13-6-14-24)16-17-11-12-17/h1,3,5,8,17-22,26-27H,2,4,6-7,9-16H2,(H,28,29)/b3-1-,8-5+/t18-,19-,20-,21-,22?/m1/s1. The first-order valence-electron chi connectivity index (χ1n) is 11.4. The second kappa shape index (κ2) is 10.5. The minimum Gasteiger partial charge on any atom is -0.481 e. The van der Waals surface area contributed by atoms with E-state index >= 15 is 0 Å². The molecule has 0 aromatic rings. The number of aliphatic hydroxyl groups is 2. The number of carboxylic acids is 1. The molecule has 164 valence electrons. The molecule has 5 atom stereocenters. The molecular formula is C24H37ClO4. The molecule has 0 aromatic carbocycles. The van der Waals surface area contributed by atoms with Crippen LogP contribution in [0.2, 0.25) is 0 Å². The van der Waals surface area contributed by atoms with E-state index < -0.39 is 12.1 Å². The lowest BCUT2D eigenvalue weighted by Gasteiger charge is -2.46. The Kier molecular flexibility index (Phi) is 8.23. The lowest BCUT2D eigenvalue weighted by atomic mass is 9.61. The van der Waals surface area contributed by atoms with Crippen molar-refractivity contribution in [1.29, 1.82) is 0 Å². The number of carbonyl (C=O) groups is 1. The van der Waals surface area contributed by atoms with Gasteiger partial charge in [-0.15, -0.1) is 11.6 Å². The van der Waals surface area contributed by atoms with E-state index in [4.69, 9.17) is 16.7 Å². The zero-order valence-corrected chi connectivity index (χ0v) is 18.1. The van der Waals surface area contributed by atoms with E-state index in [0.717, 1.165) is 31.6 Å². The topological polar surface area (TPSA) is 77.8 Å². The summed E-state index contributed by atoms with van der Waals surface area (Å²) in [6.07, 6.45) is 18.6. The number of unbranched alkanes of at least 4 members (excludes halogenated alkanes) is 1. The number of aliphatic hydroxyl groups excluding tert-OH is 2. The van der Waals surface area contributed by atoms with E-state index in [9.17, 15) is 15.0 Å². The van der Waals surface area contributed by atoms with Gasteiger partial charge in [0.1, 0.15) is 0 Å². The molecule has 3 rings (SSSR count). The molecule has 29 heavy (non-hydrogen) atoms. The fraction of sp³-hybridized carbons (Fsp3) is 0.792. The summed E-state index contributed by atoms with van der Waals surface area (Å²) in [6, 6.07) is 0. The molecule has 3 aliphatic carbocycles. The lowest BCUT2D eigenvalue weighted by molar-refractivity contribution is -0.137. The Morgan fingerprint density at radius 3 is 2.59 bits per heavy atom. The molecule has 0 aliphatic heterocycles. The maximum Gasteiger partial charge on any atom is 0.303 e. The van der Waals surface area contributed by atoms with Gasteiger partial charge in [-0.1, -0.05) is 43.6 Å². The smallest absolute Gasteiger partial charge is 0.303 e. The Bertz CT molecular complexity index is 594. The third-order valence-electron chi connectivity index (χ3n) is 7.37. The normalized spacial score (nSPS) is 32.7. The molecule has 1 unspecified atom stereocenters. The number of allylic oxidation sites excluding steroid dienone is 2. The van der Waals surface area contributed by atoms with Crippen molar-refractivity contribution in [3.63, 3.8) is 0 Å². The van der Waals surface area contributed by atoms with Crippen LogP contribution >= 0.6 is 11.6 Å². The quantitative estimate of drug-likeness (QED) is 0.232. The maximum atomic E-state index is 10.8. The predicted octanol–water partition coefficient (Wildman–Crippen LogP) is 5.07. The number of alkyl halides is 1. The van der Waals surface area contributed by atoms with Gasteiger partial charge >= 0.3 is 5.97 Å². The molecule has 5 heteroatoms. The van der Waals surface area contributed by atoms with Crippen molar-refractivity contribution in [2.45, 2.75) is 94.6 Å². The van der Waals surface area contributed by atoms with Crippen LogP contribution in [0.25, 0.3) is 0 Å². The minimum absolute atomic E-state index is 0.0224. The first-order chi connectivity index (χ1) is 13.9. The SMILES string of the molecule is O=C(O)CCC/C=C\C[C@@H]1[C@@H](/C=C/CC(O)C2(CC3CC3)CCC2)[C@H](O)C[C@H]1Cl. The van der Waals surface area contributed by atoms with E-state index in [0.29, 0.717) is 19.3 Å². The number of rotatable bonds is 12. The molecule has 0 aromatic heterocycles. The Labute approximate surface area is 180 Å². The zero-order chi connectivity index (χ0) is 20.9. The highest BCUT2D eigenvalue weighted by molar-refractivity contribution is 6.21. The molecule has 0 amide bonds. The van der Waals surface area contributed by atoms with Gasteiger partial charge in [0.25, 0.3) is 0 Å². The summed E-state index contributed by atoms with van der Waals surface area (Å²) in [5.74, 6) is 0.287. The Morgan fingerprint density at radius 2 is 1.97 bits per heavy atom. The van der Waals surface area contributed by atoms with Crippen molar-refractivity contribution in [2.24, 2.45) is 23.2 Å². The van der Waals surface area contributed by atoms with Gasteiger partial charge in [0.2, 0.25) is 0 Å². The third-order valence-corrected chi connectivity index (χ3v) is 7.87. The summed E-state index contributed by atoms with van der Waals surface area (Å²) in [6.45, 7) is 0. The van der Waals surface area contributed by atoms with Crippen LogP contribution in [0.1, 0.15) is 77.0 Å². The maximum absolute atomic E-state index is 10.8. The number of aliphatic carboxylic acids is 1. The van der Waals surface area contributed by atoms with E-state index in [1.807, 2.05) is 6.08 Å². The van der Waals surface area contributed by atoms with Crippen molar-refractivity contribution in [1.82, 2.24) is 0 Å². The van der Waals surface area contributed by atoms with Gasteiger partial charge in [0.15, 0.2) is 0 Å². The van der Waals surface area contributed by atoms with Crippen molar-refractivity contribution in [3.8, 4) is 0 Å². The molecule has 4 nitrogen and oxygen atoms in total. The van der Waals surface area contributed by atoms with Crippen LogP contribution in [0.15, 0.2) is 24.3 Å². The Hall–Kier alpha value is -0.840. The fourth-order valence-corrected chi connectivity index (χ4v) is 5.68. The molecule has 0 radical (unpaired) electrons. The Balaban J connectivity index is 1.47. The van der Waals surface area contributed by atoms with Crippen LogP contribution in [0.3, 0.4) is 0 Å². The van der Waals surface area contributed by atoms with Crippen molar-refractivity contribution in [2.75, 3.05) is 0 Å². The summed E-state index contributed by atoms with van der Waals surface area (Å²) in [4.78, 5) is 10.6. The van der Waals surface area contributed by atoms with Crippen LogP contribution < -0.4 is 0 Å². The van der Waals surface area contributed by atoms with Crippen LogP contribution in [-0.2, 0) is 4.79 Å². The van der Waals surface area contributed by atoms with E-state index in [1.54, 1.807) is 0 Å². The molecule has 3 N–H and O–H groups in total. The summed E-state index contributed by atoms with van der Waals surface area (Å²) >= 11 is 6.50. The summed E-state index contributed by atoms with van der Waals surface area (Å²) < 4.78 is 0. The van der Waals surface area contributed by atoms with Gasteiger partial charge in [-0.25, -0.2) is 0 Å². The molecule has 0 saturated heterocycles. The van der Waals surface area contributed by atoms with Gasteiger partial charge in [0, 0.05) is 17.7 Å². The average Bonchev–Trinajstić information content (AvgIpc) is 3.41. The van der Waals surface area contributed by atoms with Gasteiger partial charge in [-0.2, -0.15) is 0 Å². The first-order valence-corrected chi connectivity index (χ1v) is 11.9. The molecule has 3 saturated carbocycles. The van der Waals surface area contributed by atoms with Crippen LogP contribution in [0, 0.1) is 23.2 Å². The van der Waals surface area contributed by atoms with E-state index in [1.165, 1.54) is 25.7 Å². The van der Waals surface area contributed by atoms with Crippen molar-refractivity contribution >= 4 is 17.6 Å². The molecule has 3 aliphatic rings. The van der Waals surface area contributed by atoms with Gasteiger partial charge in [-0.05, 0) is 68.6 Å². The van der Waals surface area contributed by atoms with Crippen molar-refractivity contribution < 1.29 is 20.1 Å². The van der Waals surface area contributed by atoms with Gasteiger partial charge in [0.05, 0.1) is 12.2 Å². The minimum atomic E-state index is -0.758. The monoisotopic (exact) mass is 424 g/mol. The molecule has 0 heterocycles. The molecular weight excluding hydrogens is 388 g/mol. The number of carboxylic acid groups (broad SMARTS) is 1. The van der Waals surface area contributed by atoms with Crippen molar-refractivity contribution in [3.05, 3.63) is 24.3 Å². The number of hydrogen-bond donors (Lipinski definition) is 3. The van der Waals surface area contributed by atoms with Gasteiger partial charge in [-0.3, -0.25) is 4.79 Å². The van der Waals surface area contributed by atoms with E-state index in [2.05, 4.69) is 18.2 Å². The molecule has 0 bridgehead atoms. The third kappa shape index (κ3) is 6.32. The van der Waals surface area contributed by atoms with Crippen LogP contribution in [0.5, 0.6) is 0 Å². The largest absolute Gasteiger partial charge is 0.481 e. The Morgan fingerprint density at radius 1 is 1.21 bits per heavy atom. The predicted molar refractivity (Wildman–Crippen MR) is 116 cm³/mol. The highest BCUT2D eigenvalue weighted by Gasteiger charge is 2.46.